The molecular weight excluding hydrogens is 486 g/mol. The van der Waals surface area contributed by atoms with Crippen LogP contribution in [0.2, 0.25) is 0 Å². The summed E-state index contributed by atoms with van der Waals surface area (Å²) < 4.78 is 44.5. The third kappa shape index (κ3) is 3.98. The predicted molar refractivity (Wildman–Crippen MR) is 127 cm³/mol. The van der Waals surface area contributed by atoms with Crippen molar-refractivity contribution in [1.82, 2.24) is 24.3 Å². The molecule has 0 amide bonds. The van der Waals surface area contributed by atoms with Crippen molar-refractivity contribution in [1.29, 1.82) is 0 Å². The van der Waals surface area contributed by atoms with Crippen LogP contribution in [0.1, 0.15) is 44.0 Å². The molecule has 1 aliphatic carbocycles. The molecule has 1 atom stereocenters. The first kappa shape index (κ1) is 21.9. The molecule has 33 heavy (non-hydrogen) atoms. The zero-order chi connectivity index (χ0) is 22.8. The van der Waals surface area contributed by atoms with Crippen LogP contribution in [0.5, 0.6) is 0 Å². The quantitative estimate of drug-likeness (QED) is 0.533. The Kier molecular flexibility index (Phi) is 5.28. The standard InChI is InChI=1S/C21H24F2N6OS3/c1-20(2-3-20)27-33(30)13-8-14(28-6-4-21(5-7-28)11-31-12-21)17-24-9-15(29(17)10-13)18-25-26-19(32-18)16(22)23/h8-10,16,27H,2-7,11-12H2,1H3. The number of piperidine rings is 1. The largest absolute Gasteiger partial charge is 0.368 e. The van der Waals surface area contributed by atoms with Crippen molar-refractivity contribution in [3.63, 3.8) is 0 Å². The number of hydrogen-bond acceptors (Lipinski definition) is 7. The van der Waals surface area contributed by atoms with Gasteiger partial charge in [-0.15, -0.1) is 10.2 Å². The summed E-state index contributed by atoms with van der Waals surface area (Å²) in [6.07, 6.45) is 5.03. The van der Waals surface area contributed by atoms with Gasteiger partial charge >= 0.3 is 0 Å². The highest BCUT2D eigenvalue weighted by atomic mass is 32.2. The van der Waals surface area contributed by atoms with Gasteiger partial charge in [0, 0.05) is 24.8 Å². The van der Waals surface area contributed by atoms with E-state index >= 15 is 0 Å². The lowest BCUT2D eigenvalue weighted by Gasteiger charge is -2.47. The summed E-state index contributed by atoms with van der Waals surface area (Å²) in [5, 5.41) is 7.66. The number of anilines is 1. The van der Waals surface area contributed by atoms with Gasteiger partial charge < -0.3 is 4.90 Å². The van der Waals surface area contributed by atoms with E-state index in [9.17, 15) is 13.0 Å². The third-order valence-electron chi connectivity index (χ3n) is 6.94. The minimum Gasteiger partial charge on any atom is -0.368 e. The Bertz CT molecular complexity index is 1230. The molecule has 1 N–H and O–H groups in total. The second-order valence-corrected chi connectivity index (χ2v) is 12.8. The maximum absolute atomic E-state index is 13.2. The van der Waals surface area contributed by atoms with Gasteiger partial charge in [0.15, 0.2) is 15.7 Å². The number of alkyl halides is 2. The summed E-state index contributed by atoms with van der Waals surface area (Å²) in [6, 6.07) is 1.97. The SMILES string of the molecule is CC1(NS(=O)c2cc(N3CCC4(CC3)CSC4)c3ncc(-c4nnc(C(F)F)s4)n3c2)CC1. The lowest BCUT2D eigenvalue weighted by molar-refractivity contribution is 0.150. The Morgan fingerprint density at radius 2 is 1.94 bits per heavy atom. The van der Waals surface area contributed by atoms with Crippen molar-refractivity contribution < 1.29 is 13.0 Å². The summed E-state index contributed by atoms with van der Waals surface area (Å²) in [5.41, 5.74) is 2.60. The monoisotopic (exact) mass is 510 g/mol. The minimum atomic E-state index is -2.66. The van der Waals surface area contributed by atoms with Gasteiger partial charge in [0.2, 0.25) is 0 Å². The zero-order valence-electron chi connectivity index (χ0n) is 18.1. The summed E-state index contributed by atoms with van der Waals surface area (Å²) >= 11 is 2.87. The number of halogens is 2. The number of nitrogens with one attached hydrogen (secondary N) is 1. The first-order chi connectivity index (χ1) is 15.8. The van der Waals surface area contributed by atoms with E-state index in [1.165, 1.54) is 11.5 Å². The summed E-state index contributed by atoms with van der Waals surface area (Å²) in [4.78, 5) is 7.60. The molecule has 2 aliphatic heterocycles. The van der Waals surface area contributed by atoms with Crippen molar-refractivity contribution in [2.24, 2.45) is 5.41 Å². The smallest absolute Gasteiger partial charge is 0.291 e. The van der Waals surface area contributed by atoms with Crippen LogP contribution in [-0.4, -0.2) is 53.9 Å². The van der Waals surface area contributed by atoms with Gasteiger partial charge in [0.05, 0.1) is 16.8 Å². The van der Waals surface area contributed by atoms with Crippen molar-refractivity contribution in [3.8, 4) is 10.7 Å². The summed E-state index contributed by atoms with van der Waals surface area (Å²) in [7, 11) is -1.40. The van der Waals surface area contributed by atoms with Crippen LogP contribution in [0.25, 0.3) is 16.3 Å². The van der Waals surface area contributed by atoms with Crippen LogP contribution < -0.4 is 9.62 Å². The number of hydrogen-bond donors (Lipinski definition) is 1. The van der Waals surface area contributed by atoms with Crippen LogP contribution in [-0.2, 0) is 11.0 Å². The number of aromatic nitrogens is 4. The van der Waals surface area contributed by atoms with Gasteiger partial charge in [0.1, 0.15) is 16.7 Å². The molecule has 0 bridgehead atoms. The predicted octanol–water partition coefficient (Wildman–Crippen LogP) is 4.29. The highest BCUT2D eigenvalue weighted by Gasteiger charge is 2.41. The topological polar surface area (TPSA) is 75.4 Å². The van der Waals surface area contributed by atoms with Crippen molar-refractivity contribution in [2.45, 2.75) is 49.5 Å². The second-order valence-electron chi connectivity index (χ2n) is 9.56. The maximum Gasteiger partial charge on any atom is 0.291 e. The first-order valence-electron chi connectivity index (χ1n) is 11.0. The fraction of sp³-hybridized carbons (Fsp3) is 0.571. The number of fused-ring (bicyclic) bond motifs is 1. The third-order valence-corrected chi connectivity index (χ3v) is 10.9. The van der Waals surface area contributed by atoms with Crippen LogP contribution in [0.15, 0.2) is 23.4 Å². The first-order valence-corrected chi connectivity index (χ1v) is 14.1. The molecule has 0 radical (unpaired) electrons. The highest BCUT2D eigenvalue weighted by Crippen LogP contribution is 2.47. The number of nitrogens with zero attached hydrogens (tertiary/aromatic N) is 5. The molecule has 1 saturated carbocycles. The molecular formula is C21H24F2N6OS3. The van der Waals surface area contributed by atoms with E-state index < -0.39 is 17.4 Å². The Balaban J connectivity index is 1.41. The molecule has 2 saturated heterocycles. The molecule has 3 fully saturated rings. The lowest BCUT2D eigenvalue weighted by atomic mass is 9.81. The average molecular weight is 511 g/mol. The number of thioether (sulfide) groups is 1. The molecule has 0 aromatic carbocycles. The van der Waals surface area contributed by atoms with Gasteiger partial charge in [-0.25, -0.2) is 22.7 Å². The van der Waals surface area contributed by atoms with Gasteiger partial charge in [-0.2, -0.15) is 11.8 Å². The Hall–Kier alpha value is -1.63. The van der Waals surface area contributed by atoms with E-state index in [2.05, 4.69) is 31.7 Å². The molecule has 6 rings (SSSR count). The van der Waals surface area contributed by atoms with E-state index in [1.807, 2.05) is 22.2 Å². The van der Waals surface area contributed by atoms with E-state index in [0.717, 1.165) is 61.4 Å². The minimum absolute atomic E-state index is 0.0947. The maximum atomic E-state index is 13.2. The van der Waals surface area contributed by atoms with Crippen LogP contribution in [0.3, 0.4) is 0 Å². The molecule has 3 aromatic rings. The second kappa shape index (κ2) is 7.96. The van der Waals surface area contributed by atoms with Gasteiger partial charge in [0.25, 0.3) is 6.43 Å². The van der Waals surface area contributed by atoms with Crippen LogP contribution in [0, 0.1) is 5.41 Å². The average Bonchev–Trinajstić information content (AvgIpc) is 3.18. The van der Waals surface area contributed by atoms with Gasteiger partial charge in [-0.1, -0.05) is 11.3 Å². The zero-order valence-corrected chi connectivity index (χ0v) is 20.5. The van der Waals surface area contributed by atoms with Gasteiger partial charge in [-0.05, 0) is 55.6 Å². The molecule has 176 valence electrons. The summed E-state index contributed by atoms with van der Waals surface area (Å²) in [6.45, 7) is 3.92. The fourth-order valence-corrected chi connectivity index (χ4v) is 7.69. The summed E-state index contributed by atoms with van der Waals surface area (Å²) in [5.74, 6) is 2.47. The molecule has 3 aliphatic rings. The number of rotatable bonds is 6. The van der Waals surface area contributed by atoms with E-state index in [-0.39, 0.29) is 10.5 Å². The molecule has 12 heteroatoms. The highest BCUT2D eigenvalue weighted by molar-refractivity contribution is 8.00. The normalized spacial score (nSPS) is 22.1. The van der Waals surface area contributed by atoms with Crippen molar-refractivity contribution in [3.05, 3.63) is 23.5 Å². The molecule has 3 aromatic heterocycles. The van der Waals surface area contributed by atoms with Crippen LogP contribution in [0.4, 0.5) is 14.5 Å². The Labute approximate surface area is 201 Å². The fourth-order valence-electron chi connectivity index (χ4n) is 4.44. The van der Waals surface area contributed by atoms with E-state index in [4.69, 9.17) is 0 Å². The number of pyridine rings is 1. The lowest BCUT2D eigenvalue weighted by Crippen LogP contribution is -2.47. The van der Waals surface area contributed by atoms with Gasteiger partial charge in [-0.3, -0.25) is 4.40 Å². The molecule has 7 nitrogen and oxygen atoms in total. The Morgan fingerprint density at radius 1 is 1.18 bits per heavy atom. The van der Waals surface area contributed by atoms with E-state index in [1.54, 1.807) is 12.4 Å². The van der Waals surface area contributed by atoms with Crippen molar-refractivity contribution in [2.75, 3.05) is 29.5 Å². The van der Waals surface area contributed by atoms with Crippen LogP contribution >= 0.6 is 23.1 Å². The van der Waals surface area contributed by atoms with Crippen molar-refractivity contribution >= 4 is 45.4 Å². The Morgan fingerprint density at radius 3 is 2.55 bits per heavy atom. The molecule has 1 spiro atoms. The number of imidazole rings is 1. The molecule has 1 unspecified atom stereocenters. The van der Waals surface area contributed by atoms with E-state index in [0.29, 0.717) is 21.0 Å². The molecule has 5 heterocycles.